The van der Waals surface area contributed by atoms with E-state index in [1.807, 2.05) is 6.92 Å². The van der Waals surface area contributed by atoms with Gasteiger partial charge in [0.25, 0.3) is 5.91 Å². The van der Waals surface area contributed by atoms with Crippen LogP contribution in [0.25, 0.3) is 0 Å². The summed E-state index contributed by atoms with van der Waals surface area (Å²) < 4.78 is 15.0. The van der Waals surface area contributed by atoms with Crippen molar-refractivity contribution in [2.75, 3.05) is 26.6 Å². The first-order valence-corrected chi connectivity index (χ1v) is 6.54. The number of ether oxygens (including phenoxy) is 3. The highest BCUT2D eigenvalue weighted by Gasteiger charge is 2.31. The zero-order valence-corrected chi connectivity index (χ0v) is 13.0. The number of carbonyl (C=O) groups is 2. The van der Waals surface area contributed by atoms with Gasteiger partial charge in [-0.25, -0.2) is 4.79 Å². The van der Waals surface area contributed by atoms with Crippen LogP contribution < -0.4 is 10.1 Å². The van der Waals surface area contributed by atoms with E-state index in [0.29, 0.717) is 17.9 Å². The Bertz CT molecular complexity index is 523. The molecule has 0 aliphatic rings. The van der Waals surface area contributed by atoms with Crippen LogP contribution in [-0.2, 0) is 14.3 Å². The Labute approximate surface area is 124 Å². The van der Waals surface area contributed by atoms with Crippen LogP contribution in [0.2, 0.25) is 0 Å². The minimum atomic E-state index is -0.925. The van der Waals surface area contributed by atoms with E-state index in [0.717, 1.165) is 0 Å². The Morgan fingerprint density at radius 3 is 2.38 bits per heavy atom. The third-order valence-electron chi connectivity index (χ3n) is 3.47. The Kier molecular flexibility index (Phi) is 5.72. The Morgan fingerprint density at radius 1 is 1.24 bits per heavy atom. The highest BCUT2D eigenvalue weighted by Crippen LogP contribution is 2.25. The molecular weight excluding hydrogens is 274 g/mol. The highest BCUT2D eigenvalue weighted by atomic mass is 16.5. The predicted octanol–water partition coefficient (Wildman–Crippen LogP) is 2.24. The Hall–Kier alpha value is -2.08. The third-order valence-corrected chi connectivity index (χ3v) is 3.47. The van der Waals surface area contributed by atoms with Crippen molar-refractivity contribution in [1.29, 1.82) is 0 Å². The smallest absolute Gasteiger partial charge is 0.341 e. The Balaban J connectivity index is 3.05. The van der Waals surface area contributed by atoms with E-state index in [1.165, 1.54) is 27.4 Å². The van der Waals surface area contributed by atoms with Crippen LogP contribution in [-0.4, -0.2) is 38.8 Å². The highest BCUT2D eigenvalue weighted by molar-refractivity contribution is 5.99. The number of amides is 1. The molecule has 0 aromatic heterocycles. The van der Waals surface area contributed by atoms with Gasteiger partial charge in [0.1, 0.15) is 16.9 Å². The van der Waals surface area contributed by atoms with Crippen molar-refractivity contribution in [3.8, 4) is 5.75 Å². The molecule has 0 saturated heterocycles. The molecule has 0 radical (unpaired) electrons. The number of hydrogen-bond donors (Lipinski definition) is 1. The number of anilines is 1. The van der Waals surface area contributed by atoms with E-state index >= 15 is 0 Å². The van der Waals surface area contributed by atoms with Crippen LogP contribution in [0.4, 0.5) is 5.69 Å². The normalized spacial score (nSPS) is 13.2. The fourth-order valence-corrected chi connectivity index (χ4v) is 1.72. The van der Waals surface area contributed by atoms with Crippen molar-refractivity contribution in [2.24, 2.45) is 0 Å². The second-order valence-electron chi connectivity index (χ2n) is 4.65. The van der Waals surface area contributed by atoms with E-state index in [4.69, 9.17) is 14.2 Å². The first-order chi connectivity index (χ1) is 9.91. The largest absolute Gasteiger partial charge is 0.496 e. The second kappa shape index (κ2) is 7.08. The van der Waals surface area contributed by atoms with Gasteiger partial charge in [0.15, 0.2) is 0 Å². The molecule has 0 fully saturated rings. The number of rotatable bonds is 6. The van der Waals surface area contributed by atoms with E-state index in [9.17, 15) is 9.59 Å². The number of methoxy groups -OCH3 is 3. The molecule has 1 rings (SSSR count). The maximum Gasteiger partial charge on any atom is 0.341 e. The summed E-state index contributed by atoms with van der Waals surface area (Å²) in [6.07, 6.45) is 0.523. The standard InChI is InChI=1S/C15H21NO5/c1-6-15(2,21-5)14(18)16-10-7-8-12(19-3)11(9-10)13(17)20-4/h7-9H,6H2,1-5H3,(H,16,18)/t15-/m0/s1. The third kappa shape index (κ3) is 3.72. The van der Waals surface area contributed by atoms with E-state index in [2.05, 4.69) is 5.32 Å². The topological polar surface area (TPSA) is 73.9 Å². The number of benzene rings is 1. The molecular formula is C15H21NO5. The van der Waals surface area contributed by atoms with Crippen molar-refractivity contribution in [3.05, 3.63) is 23.8 Å². The van der Waals surface area contributed by atoms with Gasteiger partial charge in [-0.2, -0.15) is 0 Å². The number of nitrogens with one attached hydrogen (secondary N) is 1. The minimum absolute atomic E-state index is 0.244. The molecule has 1 atom stereocenters. The average molecular weight is 295 g/mol. The van der Waals surface area contributed by atoms with E-state index in [1.54, 1.807) is 19.1 Å². The summed E-state index contributed by atoms with van der Waals surface area (Å²) in [4.78, 5) is 23.9. The number of hydrogen-bond acceptors (Lipinski definition) is 5. The summed E-state index contributed by atoms with van der Waals surface area (Å²) in [5.41, 5.74) is -0.211. The Morgan fingerprint density at radius 2 is 1.90 bits per heavy atom. The molecule has 1 amide bonds. The molecule has 6 nitrogen and oxygen atoms in total. The van der Waals surface area contributed by atoms with Crippen molar-refractivity contribution in [1.82, 2.24) is 0 Å². The molecule has 0 aliphatic carbocycles. The van der Waals surface area contributed by atoms with E-state index < -0.39 is 11.6 Å². The zero-order chi connectivity index (χ0) is 16.0. The molecule has 0 aliphatic heterocycles. The summed E-state index contributed by atoms with van der Waals surface area (Å²) in [5, 5.41) is 2.73. The van der Waals surface area contributed by atoms with Crippen molar-refractivity contribution < 1.29 is 23.8 Å². The van der Waals surface area contributed by atoms with Gasteiger partial charge in [0.05, 0.1) is 14.2 Å². The first-order valence-electron chi connectivity index (χ1n) is 6.54. The van der Waals surface area contributed by atoms with Crippen molar-refractivity contribution in [3.63, 3.8) is 0 Å². The van der Waals surface area contributed by atoms with Gasteiger partial charge < -0.3 is 19.5 Å². The molecule has 0 heterocycles. The molecule has 1 N–H and O–H groups in total. The maximum atomic E-state index is 12.2. The lowest BCUT2D eigenvalue weighted by atomic mass is 10.0. The van der Waals surface area contributed by atoms with Crippen LogP contribution in [0.5, 0.6) is 5.75 Å². The van der Waals surface area contributed by atoms with Gasteiger partial charge in [-0.3, -0.25) is 4.79 Å². The molecule has 0 spiro atoms. The molecule has 1 aromatic carbocycles. The average Bonchev–Trinajstić information content (AvgIpc) is 2.52. The predicted molar refractivity (Wildman–Crippen MR) is 78.7 cm³/mol. The summed E-state index contributed by atoms with van der Waals surface area (Å²) >= 11 is 0. The number of esters is 1. The van der Waals surface area contributed by atoms with Crippen LogP contribution in [0.3, 0.4) is 0 Å². The van der Waals surface area contributed by atoms with Gasteiger partial charge in [0, 0.05) is 12.8 Å². The summed E-state index contributed by atoms with van der Waals surface area (Å²) in [7, 11) is 4.22. The van der Waals surface area contributed by atoms with Gasteiger partial charge in [-0.15, -0.1) is 0 Å². The maximum absolute atomic E-state index is 12.2. The molecule has 21 heavy (non-hydrogen) atoms. The van der Waals surface area contributed by atoms with E-state index in [-0.39, 0.29) is 11.5 Å². The van der Waals surface area contributed by atoms with Crippen molar-refractivity contribution >= 4 is 17.6 Å². The molecule has 1 aromatic rings. The number of carbonyl (C=O) groups excluding carboxylic acids is 2. The van der Waals surface area contributed by atoms with Gasteiger partial charge in [-0.1, -0.05) is 6.92 Å². The molecule has 6 heteroatoms. The monoisotopic (exact) mass is 295 g/mol. The van der Waals surface area contributed by atoms with Crippen LogP contribution in [0, 0.1) is 0 Å². The lowest BCUT2D eigenvalue weighted by Gasteiger charge is -2.25. The summed E-state index contributed by atoms with van der Waals surface area (Å²) in [6, 6.07) is 4.75. The van der Waals surface area contributed by atoms with Gasteiger partial charge in [-0.05, 0) is 31.5 Å². The summed E-state index contributed by atoms with van der Waals surface area (Å²) in [5.74, 6) is -0.439. The summed E-state index contributed by atoms with van der Waals surface area (Å²) in [6.45, 7) is 3.56. The molecule has 0 bridgehead atoms. The lowest BCUT2D eigenvalue weighted by molar-refractivity contribution is -0.136. The fraction of sp³-hybridized carbons (Fsp3) is 0.467. The SMILES string of the molecule is CC[C@](C)(OC)C(=O)Nc1ccc(OC)c(C(=O)OC)c1. The van der Waals surface area contributed by atoms with Gasteiger partial charge >= 0.3 is 5.97 Å². The molecule has 0 saturated carbocycles. The van der Waals surface area contributed by atoms with Crippen LogP contribution in [0.15, 0.2) is 18.2 Å². The quantitative estimate of drug-likeness (QED) is 0.815. The second-order valence-corrected chi connectivity index (χ2v) is 4.65. The first kappa shape index (κ1) is 17.0. The fourth-order valence-electron chi connectivity index (χ4n) is 1.72. The molecule has 0 unspecified atom stereocenters. The van der Waals surface area contributed by atoms with Crippen LogP contribution >= 0.6 is 0 Å². The van der Waals surface area contributed by atoms with Gasteiger partial charge in [0.2, 0.25) is 0 Å². The lowest BCUT2D eigenvalue weighted by Crippen LogP contribution is -2.41. The molecule has 116 valence electrons. The van der Waals surface area contributed by atoms with Crippen LogP contribution in [0.1, 0.15) is 30.6 Å². The zero-order valence-electron chi connectivity index (χ0n) is 13.0. The van der Waals surface area contributed by atoms with Crippen molar-refractivity contribution in [2.45, 2.75) is 25.9 Å². The minimum Gasteiger partial charge on any atom is -0.496 e.